The third-order valence-electron chi connectivity index (χ3n) is 3.57. The van der Waals surface area contributed by atoms with Gasteiger partial charge < -0.3 is 24.8 Å². The Morgan fingerprint density at radius 1 is 1.04 bits per heavy atom. The van der Waals surface area contributed by atoms with Gasteiger partial charge in [-0.15, -0.1) is 11.8 Å². The van der Waals surface area contributed by atoms with Crippen molar-refractivity contribution in [2.45, 2.75) is 50.8 Å². The smallest absolute Gasteiger partial charge is 0.315 e. The molecule has 1 fully saturated rings. The Balaban J connectivity index is 1.86. The van der Waals surface area contributed by atoms with Gasteiger partial charge in [0.1, 0.15) is 0 Å². The van der Waals surface area contributed by atoms with Crippen LogP contribution in [-0.2, 0) is 14.2 Å². The van der Waals surface area contributed by atoms with Crippen molar-refractivity contribution in [2.75, 3.05) is 45.5 Å². The number of thioether (sulfide) groups is 1. The van der Waals surface area contributed by atoms with Crippen LogP contribution in [0.25, 0.3) is 0 Å². The number of amides is 2. The highest BCUT2D eigenvalue weighted by molar-refractivity contribution is 7.99. The van der Waals surface area contributed by atoms with Crippen LogP contribution in [0.4, 0.5) is 4.79 Å². The molecule has 0 spiro atoms. The summed E-state index contributed by atoms with van der Waals surface area (Å²) in [5.74, 6) is 0.691. The number of carbonyl (C=O) groups is 1. The van der Waals surface area contributed by atoms with Gasteiger partial charge in [-0.2, -0.15) is 0 Å². The standard InChI is InChI=1S/C16H32N2O4S/c1-3-7-20-9-11-22-12-10-21-8-5-4-6-15-14(2)18-16(19)17-13-23-15/h14-15H,3-13H2,1-2H3,(H2,17,18,19). The van der Waals surface area contributed by atoms with Crippen molar-refractivity contribution < 1.29 is 19.0 Å². The summed E-state index contributed by atoms with van der Waals surface area (Å²) in [5.41, 5.74) is 0. The fourth-order valence-corrected chi connectivity index (χ4v) is 3.40. The molecular formula is C16H32N2O4S. The zero-order chi connectivity index (χ0) is 16.8. The minimum Gasteiger partial charge on any atom is -0.379 e. The monoisotopic (exact) mass is 348 g/mol. The van der Waals surface area contributed by atoms with Crippen molar-refractivity contribution in [3.05, 3.63) is 0 Å². The minimum atomic E-state index is -0.0593. The van der Waals surface area contributed by atoms with Gasteiger partial charge in [-0.1, -0.05) is 6.92 Å². The van der Waals surface area contributed by atoms with Crippen molar-refractivity contribution in [3.63, 3.8) is 0 Å². The molecule has 0 radical (unpaired) electrons. The summed E-state index contributed by atoms with van der Waals surface area (Å²) in [5, 5.41) is 6.25. The Hall–Kier alpha value is -0.500. The maximum atomic E-state index is 11.3. The lowest BCUT2D eigenvalue weighted by Gasteiger charge is -2.20. The van der Waals surface area contributed by atoms with Gasteiger partial charge in [-0.3, -0.25) is 0 Å². The molecule has 136 valence electrons. The van der Waals surface area contributed by atoms with Gasteiger partial charge in [0.05, 0.1) is 32.3 Å². The molecule has 0 saturated carbocycles. The zero-order valence-electron chi connectivity index (χ0n) is 14.5. The molecule has 7 heteroatoms. The molecule has 0 aromatic carbocycles. The molecule has 1 rings (SSSR count). The Morgan fingerprint density at radius 3 is 2.39 bits per heavy atom. The topological polar surface area (TPSA) is 68.8 Å². The van der Waals surface area contributed by atoms with Crippen LogP contribution < -0.4 is 10.6 Å². The van der Waals surface area contributed by atoms with Gasteiger partial charge in [-0.25, -0.2) is 4.79 Å². The van der Waals surface area contributed by atoms with Crippen LogP contribution in [0.3, 0.4) is 0 Å². The van der Waals surface area contributed by atoms with Crippen molar-refractivity contribution in [1.82, 2.24) is 10.6 Å². The summed E-state index contributed by atoms with van der Waals surface area (Å²) < 4.78 is 16.3. The van der Waals surface area contributed by atoms with E-state index in [1.807, 2.05) is 11.8 Å². The first-order valence-corrected chi connectivity index (χ1v) is 9.68. The lowest BCUT2D eigenvalue weighted by atomic mass is 10.1. The fourth-order valence-electron chi connectivity index (χ4n) is 2.28. The molecule has 0 aliphatic carbocycles. The largest absolute Gasteiger partial charge is 0.379 e. The molecular weight excluding hydrogens is 316 g/mol. The Labute approximate surface area is 144 Å². The van der Waals surface area contributed by atoms with E-state index in [4.69, 9.17) is 14.2 Å². The van der Waals surface area contributed by atoms with Crippen molar-refractivity contribution in [1.29, 1.82) is 0 Å². The predicted molar refractivity (Wildman–Crippen MR) is 94.0 cm³/mol. The predicted octanol–water partition coefficient (Wildman–Crippen LogP) is 2.38. The second kappa shape index (κ2) is 13.9. The highest BCUT2D eigenvalue weighted by atomic mass is 32.2. The number of unbranched alkanes of at least 4 members (excludes halogenated alkanes) is 1. The number of nitrogens with one attached hydrogen (secondary N) is 2. The van der Waals surface area contributed by atoms with E-state index < -0.39 is 0 Å². The molecule has 0 aromatic rings. The summed E-state index contributed by atoms with van der Waals surface area (Å²) in [6.45, 7) is 8.31. The van der Waals surface area contributed by atoms with Crippen LogP contribution in [-0.4, -0.2) is 62.8 Å². The van der Waals surface area contributed by atoms with Crippen LogP contribution in [0.15, 0.2) is 0 Å². The number of ether oxygens (including phenoxy) is 3. The van der Waals surface area contributed by atoms with E-state index in [0.29, 0.717) is 37.6 Å². The van der Waals surface area contributed by atoms with Crippen LogP contribution in [0, 0.1) is 0 Å². The molecule has 2 unspecified atom stereocenters. The second-order valence-electron chi connectivity index (χ2n) is 5.62. The molecule has 1 aliphatic rings. The van der Waals surface area contributed by atoms with Crippen LogP contribution >= 0.6 is 11.8 Å². The first-order chi connectivity index (χ1) is 11.2. The first-order valence-electron chi connectivity index (χ1n) is 8.63. The zero-order valence-corrected chi connectivity index (χ0v) is 15.3. The molecule has 0 bridgehead atoms. The second-order valence-corrected chi connectivity index (χ2v) is 6.85. The van der Waals surface area contributed by atoms with E-state index in [9.17, 15) is 4.79 Å². The van der Waals surface area contributed by atoms with Crippen LogP contribution in [0.2, 0.25) is 0 Å². The van der Waals surface area contributed by atoms with Crippen LogP contribution in [0.5, 0.6) is 0 Å². The quantitative estimate of drug-likeness (QED) is 0.500. The molecule has 1 saturated heterocycles. The van der Waals surface area contributed by atoms with E-state index in [0.717, 1.165) is 38.9 Å². The molecule has 2 N–H and O–H groups in total. The van der Waals surface area contributed by atoms with E-state index >= 15 is 0 Å². The Morgan fingerprint density at radius 2 is 1.70 bits per heavy atom. The molecule has 1 aliphatic heterocycles. The number of rotatable bonds is 13. The van der Waals surface area contributed by atoms with E-state index in [1.54, 1.807) is 0 Å². The summed E-state index contributed by atoms with van der Waals surface area (Å²) >= 11 is 1.81. The normalized spacial score (nSPS) is 21.6. The average Bonchev–Trinajstić information content (AvgIpc) is 2.69. The molecule has 2 amide bonds. The highest BCUT2D eigenvalue weighted by Crippen LogP contribution is 2.21. The Kier molecular flexibility index (Phi) is 12.4. The number of hydrogen-bond donors (Lipinski definition) is 2. The average molecular weight is 349 g/mol. The minimum absolute atomic E-state index is 0.0593. The Bertz CT molecular complexity index is 308. The molecule has 23 heavy (non-hydrogen) atoms. The van der Waals surface area contributed by atoms with Gasteiger partial charge in [0.2, 0.25) is 0 Å². The summed E-state index contributed by atoms with van der Waals surface area (Å²) in [4.78, 5) is 11.3. The van der Waals surface area contributed by atoms with Crippen molar-refractivity contribution in [2.24, 2.45) is 0 Å². The van der Waals surface area contributed by atoms with Gasteiger partial charge in [0.25, 0.3) is 0 Å². The van der Waals surface area contributed by atoms with Gasteiger partial charge in [0, 0.05) is 24.5 Å². The van der Waals surface area contributed by atoms with E-state index in [-0.39, 0.29) is 12.1 Å². The lowest BCUT2D eigenvalue weighted by Crippen LogP contribution is -2.41. The SMILES string of the molecule is CCCOCCOCCOCCCCC1SCNC(=O)NC1C. The summed E-state index contributed by atoms with van der Waals surface area (Å²) in [6, 6.07) is 0.155. The lowest BCUT2D eigenvalue weighted by molar-refractivity contribution is 0.0140. The van der Waals surface area contributed by atoms with Crippen molar-refractivity contribution in [3.8, 4) is 0 Å². The fraction of sp³-hybridized carbons (Fsp3) is 0.938. The maximum Gasteiger partial charge on any atom is 0.315 e. The number of carbonyl (C=O) groups excluding carboxylic acids is 1. The van der Waals surface area contributed by atoms with Crippen LogP contribution in [0.1, 0.15) is 39.5 Å². The van der Waals surface area contributed by atoms with Gasteiger partial charge in [0.15, 0.2) is 0 Å². The number of urea groups is 1. The molecule has 0 aromatic heterocycles. The maximum absolute atomic E-state index is 11.3. The third-order valence-corrected chi connectivity index (χ3v) is 4.95. The summed E-state index contributed by atoms with van der Waals surface area (Å²) in [7, 11) is 0. The molecule has 6 nitrogen and oxygen atoms in total. The third kappa shape index (κ3) is 10.8. The summed E-state index contributed by atoms with van der Waals surface area (Å²) in [6.07, 6.45) is 4.31. The molecule has 1 heterocycles. The molecule has 2 atom stereocenters. The van der Waals surface area contributed by atoms with Crippen molar-refractivity contribution >= 4 is 17.8 Å². The van der Waals surface area contributed by atoms with Gasteiger partial charge in [-0.05, 0) is 32.6 Å². The first kappa shape index (κ1) is 20.5. The number of hydrogen-bond acceptors (Lipinski definition) is 5. The van der Waals surface area contributed by atoms with Gasteiger partial charge >= 0.3 is 6.03 Å². The van der Waals surface area contributed by atoms with E-state index in [2.05, 4.69) is 24.5 Å². The highest BCUT2D eigenvalue weighted by Gasteiger charge is 2.22. The van der Waals surface area contributed by atoms with E-state index in [1.165, 1.54) is 0 Å².